The summed E-state index contributed by atoms with van der Waals surface area (Å²) in [7, 11) is 0. The minimum absolute atomic E-state index is 0.0602. The van der Waals surface area contributed by atoms with Crippen LogP contribution in [-0.4, -0.2) is 48.8 Å². The maximum Gasteiger partial charge on any atom is 0.416 e. The second-order valence-corrected chi connectivity index (χ2v) is 9.50. The van der Waals surface area contributed by atoms with Crippen LogP contribution in [0.1, 0.15) is 36.8 Å². The smallest absolute Gasteiger partial charge is 0.416 e. The van der Waals surface area contributed by atoms with Crippen molar-refractivity contribution in [3.8, 4) is 5.75 Å². The van der Waals surface area contributed by atoms with Crippen molar-refractivity contribution in [2.45, 2.75) is 43.5 Å². The van der Waals surface area contributed by atoms with Gasteiger partial charge in [0.05, 0.1) is 12.2 Å². The number of rotatable bonds is 6. The monoisotopic (exact) mass is 496 g/mol. The predicted molar refractivity (Wildman–Crippen MR) is 123 cm³/mol. The topological polar surface area (TPSA) is 64.8 Å². The average molecular weight is 497 g/mol. The fourth-order valence-electron chi connectivity index (χ4n) is 5.32. The highest BCUT2D eigenvalue weighted by Gasteiger charge is 2.54. The molecule has 0 aromatic heterocycles. The van der Waals surface area contributed by atoms with Crippen molar-refractivity contribution in [2.75, 3.05) is 26.3 Å². The molecule has 2 aromatic carbocycles. The predicted octanol–water partition coefficient (Wildman–Crippen LogP) is 4.88. The first kappa shape index (κ1) is 24.8. The molecule has 9 heteroatoms. The largest absolute Gasteiger partial charge is 0.489 e. The molecule has 1 amide bonds. The first-order valence-electron chi connectivity index (χ1n) is 11.3. The molecule has 2 fully saturated rings. The third-order valence-corrected chi connectivity index (χ3v) is 7.35. The molecule has 4 rings (SSSR count). The van der Waals surface area contributed by atoms with Crippen LogP contribution < -0.4 is 10.5 Å². The van der Waals surface area contributed by atoms with E-state index in [1.54, 1.807) is 6.07 Å². The Hall–Kier alpha value is -2.29. The number of halogens is 4. The van der Waals surface area contributed by atoms with Gasteiger partial charge in [-0.1, -0.05) is 36.7 Å². The summed E-state index contributed by atoms with van der Waals surface area (Å²) in [6.07, 6.45) is -3.79. The van der Waals surface area contributed by atoms with Gasteiger partial charge in [0.1, 0.15) is 17.4 Å². The minimum Gasteiger partial charge on any atom is -0.489 e. The number of nitrogens with zero attached hydrogens (tertiary/aromatic N) is 1. The SMILES string of the molecule is CC(c1cccc(Cl)c1)C1COCCC1(C(N)=O)N1CC[C@@H](Oc2cccc(C(F)(F)F)c2)C1. The zero-order chi connectivity index (χ0) is 24.5. The maximum absolute atomic E-state index is 13.1. The van der Waals surface area contributed by atoms with Gasteiger partial charge in [-0.2, -0.15) is 13.2 Å². The molecule has 2 aromatic rings. The molecule has 184 valence electrons. The van der Waals surface area contributed by atoms with Crippen molar-refractivity contribution in [3.05, 3.63) is 64.7 Å². The van der Waals surface area contributed by atoms with E-state index >= 15 is 0 Å². The molecule has 0 spiro atoms. The standard InChI is InChI=1S/C25H28ClF3N2O3/c1-16(17-4-2-6-19(26)12-17)22-15-33-11-9-24(22,23(30)32)31-10-8-21(14-31)34-20-7-3-5-18(13-20)25(27,28)29/h2-7,12-13,16,21-22H,8-11,14-15H2,1H3,(H2,30,32)/t16?,21-,22?,24?/m1/s1. The Bertz CT molecular complexity index is 1030. The summed E-state index contributed by atoms with van der Waals surface area (Å²) in [5.74, 6) is -0.542. The Morgan fingerprint density at radius 3 is 2.74 bits per heavy atom. The van der Waals surface area contributed by atoms with Gasteiger partial charge < -0.3 is 15.2 Å². The number of carbonyl (C=O) groups excluding carboxylic acids is 1. The van der Waals surface area contributed by atoms with Gasteiger partial charge in [0.15, 0.2) is 0 Å². The summed E-state index contributed by atoms with van der Waals surface area (Å²) in [6.45, 7) is 3.74. The summed E-state index contributed by atoms with van der Waals surface area (Å²) < 4.78 is 50.9. The van der Waals surface area contributed by atoms with Gasteiger partial charge in [-0.15, -0.1) is 0 Å². The van der Waals surface area contributed by atoms with Gasteiger partial charge in [-0.05, 0) is 54.7 Å². The number of amides is 1. The van der Waals surface area contributed by atoms with E-state index in [-0.39, 0.29) is 23.7 Å². The van der Waals surface area contributed by atoms with Crippen molar-refractivity contribution in [3.63, 3.8) is 0 Å². The lowest BCUT2D eigenvalue weighted by Gasteiger charge is -2.49. The van der Waals surface area contributed by atoms with E-state index in [2.05, 4.69) is 0 Å². The highest BCUT2D eigenvalue weighted by atomic mass is 35.5. The molecular weight excluding hydrogens is 469 g/mol. The number of primary amides is 1. The Kier molecular flexibility index (Phi) is 7.12. The fourth-order valence-corrected chi connectivity index (χ4v) is 5.52. The van der Waals surface area contributed by atoms with E-state index in [1.807, 2.05) is 30.0 Å². The number of benzene rings is 2. The molecule has 5 nitrogen and oxygen atoms in total. The minimum atomic E-state index is -4.44. The average Bonchev–Trinajstić information content (AvgIpc) is 3.26. The molecule has 0 radical (unpaired) electrons. The van der Waals surface area contributed by atoms with Gasteiger partial charge in [0.25, 0.3) is 0 Å². The molecule has 2 saturated heterocycles. The number of alkyl halides is 3. The van der Waals surface area contributed by atoms with Crippen LogP contribution in [-0.2, 0) is 15.7 Å². The molecule has 0 aliphatic carbocycles. The highest BCUT2D eigenvalue weighted by molar-refractivity contribution is 6.30. The molecule has 34 heavy (non-hydrogen) atoms. The van der Waals surface area contributed by atoms with E-state index < -0.39 is 23.2 Å². The Balaban J connectivity index is 1.56. The number of hydrogen-bond acceptors (Lipinski definition) is 4. The molecule has 3 unspecified atom stereocenters. The van der Waals surface area contributed by atoms with Crippen molar-refractivity contribution >= 4 is 17.5 Å². The summed E-state index contributed by atoms with van der Waals surface area (Å²) in [5, 5.41) is 0.612. The van der Waals surface area contributed by atoms with Crippen LogP contribution in [0.2, 0.25) is 5.02 Å². The Morgan fingerprint density at radius 1 is 1.26 bits per heavy atom. The first-order valence-corrected chi connectivity index (χ1v) is 11.7. The summed E-state index contributed by atoms with van der Waals surface area (Å²) in [6, 6.07) is 12.4. The van der Waals surface area contributed by atoms with Crippen LogP contribution in [0, 0.1) is 5.92 Å². The molecule has 0 bridgehead atoms. The van der Waals surface area contributed by atoms with Crippen molar-refractivity contribution in [1.29, 1.82) is 0 Å². The third-order valence-electron chi connectivity index (χ3n) is 7.12. The summed E-state index contributed by atoms with van der Waals surface area (Å²) >= 11 is 6.20. The van der Waals surface area contributed by atoms with Gasteiger partial charge in [0.2, 0.25) is 5.91 Å². The normalized spacial score (nSPS) is 26.9. The van der Waals surface area contributed by atoms with Crippen LogP contribution in [0.3, 0.4) is 0 Å². The van der Waals surface area contributed by atoms with Crippen molar-refractivity contribution in [1.82, 2.24) is 4.90 Å². The fraction of sp³-hybridized carbons (Fsp3) is 0.480. The van der Waals surface area contributed by atoms with E-state index in [0.717, 1.165) is 17.7 Å². The number of nitrogens with two attached hydrogens (primary N) is 1. The second-order valence-electron chi connectivity index (χ2n) is 9.06. The molecule has 0 saturated carbocycles. The quantitative estimate of drug-likeness (QED) is 0.619. The van der Waals surface area contributed by atoms with Gasteiger partial charge in [-0.25, -0.2) is 0 Å². The Morgan fingerprint density at radius 2 is 2.03 bits per heavy atom. The van der Waals surface area contributed by atoms with Crippen molar-refractivity contribution in [2.24, 2.45) is 11.7 Å². The summed E-state index contributed by atoms with van der Waals surface area (Å²) in [5.41, 5.74) is 5.34. The van der Waals surface area contributed by atoms with E-state index in [9.17, 15) is 18.0 Å². The molecule has 2 N–H and O–H groups in total. The van der Waals surface area contributed by atoms with Gasteiger partial charge >= 0.3 is 6.18 Å². The van der Waals surface area contributed by atoms with Crippen molar-refractivity contribution < 1.29 is 27.4 Å². The van der Waals surface area contributed by atoms with E-state index in [1.165, 1.54) is 12.1 Å². The zero-order valence-corrected chi connectivity index (χ0v) is 19.6. The number of likely N-dealkylation sites (tertiary alicyclic amines) is 1. The Labute approximate surface area is 202 Å². The first-order chi connectivity index (χ1) is 16.1. The van der Waals surface area contributed by atoms with Gasteiger partial charge in [-0.3, -0.25) is 9.69 Å². The van der Waals surface area contributed by atoms with Crippen LogP contribution in [0.4, 0.5) is 13.2 Å². The maximum atomic E-state index is 13.1. The zero-order valence-electron chi connectivity index (χ0n) is 18.9. The molecular formula is C25H28ClF3N2O3. The number of ether oxygens (including phenoxy) is 2. The lowest BCUT2D eigenvalue weighted by atomic mass is 9.70. The van der Waals surface area contributed by atoms with Gasteiger partial charge in [0, 0.05) is 30.6 Å². The van der Waals surface area contributed by atoms with E-state index in [4.69, 9.17) is 26.8 Å². The number of hydrogen-bond donors (Lipinski definition) is 1. The van der Waals surface area contributed by atoms with Crippen LogP contribution in [0.5, 0.6) is 5.75 Å². The molecule has 4 atom stereocenters. The van der Waals surface area contributed by atoms with Crippen LogP contribution in [0.15, 0.2) is 48.5 Å². The van der Waals surface area contributed by atoms with Crippen LogP contribution >= 0.6 is 11.6 Å². The number of carbonyl (C=O) groups is 1. The second kappa shape index (κ2) is 9.76. The molecule has 2 aliphatic heterocycles. The highest BCUT2D eigenvalue weighted by Crippen LogP contribution is 2.43. The van der Waals surface area contributed by atoms with E-state index in [0.29, 0.717) is 44.2 Å². The molecule has 2 heterocycles. The molecule has 2 aliphatic rings. The lowest BCUT2D eigenvalue weighted by Crippen LogP contribution is -2.65. The van der Waals surface area contributed by atoms with Crippen LogP contribution in [0.25, 0.3) is 0 Å². The lowest BCUT2D eigenvalue weighted by molar-refractivity contribution is -0.146. The third kappa shape index (κ3) is 4.90. The summed E-state index contributed by atoms with van der Waals surface area (Å²) in [4.78, 5) is 15.1.